The van der Waals surface area contributed by atoms with Crippen LogP contribution in [0.25, 0.3) is 0 Å². The molecule has 0 aromatic heterocycles. The molecule has 6 heteroatoms. The van der Waals surface area contributed by atoms with E-state index in [2.05, 4.69) is 0 Å². The molecule has 5 nitrogen and oxygen atoms in total. The molecule has 0 aromatic carbocycles. The van der Waals surface area contributed by atoms with E-state index in [0.29, 0.717) is 0 Å². The average Bonchev–Trinajstić information content (AvgIpc) is 2.46. The Morgan fingerprint density at radius 1 is 1.19 bits per heavy atom. The predicted molar refractivity (Wildman–Crippen MR) is 59.4 cm³/mol. The van der Waals surface area contributed by atoms with Gasteiger partial charge in [-0.05, 0) is 19.9 Å². The van der Waals surface area contributed by atoms with Gasteiger partial charge in [-0.2, -0.15) is 0 Å². The minimum absolute atomic E-state index is 0.0789. The molecule has 0 radical (unpaired) electrons. The number of phosphoric acid groups is 1. The average molecular weight is 246 g/mol. The molecule has 0 bridgehead atoms. The van der Waals surface area contributed by atoms with Gasteiger partial charge in [-0.3, -0.25) is 9.05 Å². The minimum Gasteiger partial charge on any atom is -0.434 e. The lowest BCUT2D eigenvalue weighted by molar-refractivity contribution is 0.0968. The van der Waals surface area contributed by atoms with Crippen LogP contribution in [0.2, 0.25) is 0 Å². The van der Waals surface area contributed by atoms with Crippen LogP contribution >= 0.6 is 7.82 Å². The van der Waals surface area contributed by atoms with E-state index in [4.69, 9.17) is 18.3 Å². The quantitative estimate of drug-likeness (QED) is 0.674. The fourth-order valence-electron chi connectivity index (χ4n) is 0.958. The maximum atomic E-state index is 12.0. The summed E-state index contributed by atoms with van der Waals surface area (Å²) in [5.41, 5.74) is 0. The summed E-state index contributed by atoms with van der Waals surface area (Å²) in [4.78, 5) is 0. The summed E-state index contributed by atoms with van der Waals surface area (Å²) >= 11 is 0. The highest BCUT2D eigenvalue weighted by molar-refractivity contribution is 7.48. The first kappa shape index (κ1) is 13.0. The van der Waals surface area contributed by atoms with E-state index < -0.39 is 7.82 Å². The molecule has 0 aliphatic carbocycles. The van der Waals surface area contributed by atoms with Gasteiger partial charge >= 0.3 is 7.82 Å². The lowest BCUT2D eigenvalue weighted by Gasteiger charge is -2.17. The highest BCUT2D eigenvalue weighted by Gasteiger charge is 2.28. The molecule has 1 aliphatic heterocycles. The van der Waals surface area contributed by atoms with E-state index in [-0.39, 0.29) is 19.2 Å². The molecule has 1 aliphatic rings. The Hall–Kier alpha value is -1.03. The van der Waals surface area contributed by atoms with Crippen LogP contribution in [-0.2, 0) is 22.9 Å². The van der Waals surface area contributed by atoms with Crippen LogP contribution in [0.4, 0.5) is 0 Å². The van der Waals surface area contributed by atoms with Gasteiger partial charge < -0.3 is 9.26 Å². The number of hydrogen-bond acceptors (Lipinski definition) is 5. The summed E-state index contributed by atoms with van der Waals surface area (Å²) in [6, 6.07) is 0. The van der Waals surface area contributed by atoms with Gasteiger partial charge in [0.05, 0.1) is 19.5 Å². The van der Waals surface area contributed by atoms with Crippen molar-refractivity contribution in [3.05, 3.63) is 36.5 Å². The van der Waals surface area contributed by atoms with E-state index in [1.165, 1.54) is 12.3 Å². The van der Waals surface area contributed by atoms with Gasteiger partial charge in [0.25, 0.3) is 5.95 Å². The lowest BCUT2D eigenvalue weighted by atomic mass is 10.5. The molecule has 0 spiro atoms. The monoisotopic (exact) mass is 246 g/mol. The van der Waals surface area contributed by atoms with Crippen molar-refractivity contribution in [1.82, 2.24) is 0 Å². The van der Waals surface area contributed by atoms with Gasteiger partial charge in [0.1, 0.15) is 0 Å². The van der Waals surface area contributed by atoms with E-state index in [9.17, 15) is 4.57 Å². The first-order valence-electron chi connectivity index (χ1n) is 4.99. The molecule has 16 heavy (non-hydrogen) atoms. The van der Waals surface area contributed by atoms with E-state index in [1.807, 2.05) is 0 Å². The van der Waals surface area contributed by atoms with Crippen LogP contribution in [0, 0.1) is 0 Å². The van der Waals surface area contributed by atoms with Gasteiger partial charge in [-0.1, -0.05) is 12.2 Å². The SMILES string of the molecule is CCOP(=O)(OCC)OC1=CC=CC=CO1. The van der Waals surface area contributed by atoms with Gasteiger partial charge in [-0.25, -0.2) is 4.57 Å². The van der Waals surface area contributed by atoms with E-state index in [1.54, 1.807) is 32.1 Å². The molecule has 0 amide bonds. The van der Waals surface area contributed by atoms with Crippen LogP contribution in [-0.4, -0.2) is 13.2 Å². The first-order valence-corrected chi connectivity index (χ1v) is 6.45. The fraction of sp³-hybridized carbons (Fsp3) is 0.400. The molecule has 90 valence electrons. The first-order chi connectivity index (χ1) is 7.70. The van der Waals surface area contributed by atoms with E-state index in [0.717, 1.165) is 0 Å². The zero-order valence-electron chi connectivity index (χ0n) is 9.29. The van der Waals surface area contributed by atoms with Crippen LogP contribution in [0.15, 0.2) is 36.5 Å². The zero-order valence-corrected chi connectivity index (χ0v) is 10.2. The summed E-state index contributed by atoms with van der Waals surface area (Å²) in [6.45, 7) is 3.88. The molecular weight excluding hydrogens is 231 g/mol. The second kappa shape index (κ2) is 6.53. The summed E-state index contributed by atoms with van der Waals surface area (Å²) in [5, 5.41) is 0. The van der Waals surface area contributed by atoms with Crippen molar-refractivity contribution in [3.8, 4) is 0 Å². The number of rotatable bonds is 6. The van der Waals surface area contributed by atoms with Crippen LogP contribution < -0.4 is 0 Å². The molecule has 0 saturated carbocycles. The lowest BCUT2D eigenvalue weighted by Crippen LogP contribution is -2.01. The van der Waals surface area contributed by atoms with Crippen LogP contribution in [0.3, 0.4) is 0 Å². The molecule has 1 rings (SSSR count). The summed E-state index contributed by atoms with van der Waals surface area (Å²) in [6.07, 6.45) is 8.07. The molecule has 0 fully saturated rings. The minimum atomic E-state index is -3.57. The third-order valence-electron chi connectivity index (χ3n) is 1.49. The standard InChI is InChI=1S/C10H15O5P/c1-3-13-16(11,14-4-2)15-10-8-6-5-7-9-12-10/h5-9H,3-4H2,1-2H3. The number of hydrogen-bond donors (Lipinski definition) is 0. The highest BCUT2D eigenvalue weighted by Crippen LogP contribution is 2.51. The van der Waals surface area contributed by atoms with Gasteiger partial charge in [0.2, 0.25) is 0 Å². The topological polar surface area (TPSA) is 54.0 Å². The maximum Gasteiger partial charge on any atom is 0.532 e. The van der Waals surface area contributed by atoms with Crippen molar-refractivity contribution in [2.45, 2.75) is 13.8 Å². The second-order valence-electron chi connectivity index (χ2n) is 2.69. The third-order valence-corrected chi connectivity index (χ3v) is 3.05. The van der Waals surface area contributed by atoms with Crippen molar-refractivity contribution in [1.29, 1.82) is 0 Å². The van der Waals surface area contributed by atoms with Crippen molar-refractivity contribution in [2.24, 2.45) is 0 Å². The Kier molecular flexibility index (Phi) is 5.32. The molecular formula is C10H15O5P. The molecule has 0 aromatic rings. The Morgan fingerprint density at radius 2 is 1.88 bits per heavy atom. The van der Waals surface area contributed by atoms with Crippen LogP contribution in [0.1, 0.15) is 13.8 Å². The molecule has 0 N–H and O–H groups in total. The van der Waals surface area contributed by atoms with E-state index >= 15 is 0 Å². The normalized spacial score (nSPS) is 15.2. The smallest absolute Gasteiger partial charge is 0.434 e. The Bertz CT molecular complexity index is 335. The van der Waals surface area contributed by atoms with Crippen molar-refractivity contribution in [3.63, 3.8) is 0 Å². The summed E-state index contributed by atoms with van der Waals surface area (Å²) in [5.74, 6) is 0.0789. The highest BCUT2D eigenvalue weighted by atomic mass is 31.2. The molecule has 0 atom stereocenters. The predicted octanol–water partition coefficient (Wildman–Crippen LogP) is 3.13. The Morgan fingerprint density at radius 3 is 2.50 bits per heavy atom. The van der Waals surface area contributed by atoms with Gasteiger partial charge in [0, 0.05) is 6.08 Å². The number of phosphoric ester groups is 1. The largest absolute Gasteiger partial charge is 0.532 e. The Balaban J connectivity index is 2.67. The second-order valence-corrected chi connectivity index (χ2v) is 4.28. The van der Waals surface area contributed by atoms with Crippen molar-refractivity contribution in [2.75, 3.05) is 13.2 Å². The molecule has 0 unspecified atom stereocenters. The van der Waals surface area contributed by atoms with Gasteiger partial charge in [-0.15, -0.1) is 0 Å². The van der Waals surface area contributed by atoms with Crippen molar-refractivity contribution >= 4 is 7.82 Å². The fourth-order valence-corrected chi connectivity index (χ4v) is 2.09. The van der Waals surface area contributed by atoms with Crippen molar-refractivity contribution < 1.29 is 22.9 Å². The third kappa shape index (κ3) is 4.23. The molecule has 1 heterocycles. The molecule has 0 saturated heterocycles. The van der Waals surface area contributed by atoms with Gasteiger partial charge in [0.15, 0.2) is 0 Å². The summed E-state index contributed by atoms with van der Waals surface area (Å²) in [7, 11) is -3.57. The van der Waals surface area contributed by atoms with Crippen LogP contribution in [0.5, 0.6) is 0 Å². The zero-order chi connectivity index (χ0) is 11.9. The maximum absolute atomic E-state index is 12.0. The number of allylic oxidation sites excluding steroid dienone is 4. The summed E-state index contributed by atoms with van der Waals surface area (Å²) < 4.78 is 32.0. The Labute approximate surface area is 95.0 Å². The number of ether oxygens (including phenoxy) is 1.